The van der Waals surface area contributed by atoms with Crippen LogP contribution in [0.4, 0.5) is 0 Å². The molecule has 5 aliphatic rings. The molecule has 9 atom stereocenters. The van der Waals surface area contributed by atoms with E-state index in [9.17, 15) is 9.59 Å². The van der Waals surface area contributed by atoms with E-state index in [1.807, 2.05) is 41.4 Å². The van der Waals surface area contributed by atoms with Gasteiger partial charge in [0.15, 0.2) is 5.78 Å². The van der Waals surface area contributed by atoms with Crippen molar-refractivity contribution in [1.29, 1.82) is 0 Å². The molecule has 0 aromatic heterocycles. The molecule has 40 heavy (non-hydrogen) atoms. The third-order valence-corrected chi connectivity index (χ3v) is 13.6. The van der Waals surface area contributed by atoms with Crippen molar-refractivity contribution in [3.8, 4) is 0 Å². The summed E-state index contributed by atoms with van der Waals surface area (Å²) >= 11 is 5.62. The topological polar surface area (TPSA) is 187 Å². The second-order valence-electron chi connectivity index (χ2n) is 11.5. The van der Waals surface area contributed by atoms with Gasteiger partial charge < -0.3 is 37.9 Å². The zero-order valence-corrected chi connectivity index (χ0v) is 25.5. The Balaban J connectivity index is 1.19. The normalized spacial score (nSPS) is 36.4. The van der Waals surface area contributed by atoms with E-state index in [0.717, 1.165) is 49.6 Å². The molecule has 0 radical (unpaired) electrons. The lowest BCUT2D eigenvalue weighted by atomic mass is 9.91. The molecule has 0 spiro atoms. The highest BCUT2D eigenvalue weighted by Gasteiger charge is 2.49. The van der Waals surface area contributed by atoms with Crippen molar-refractivity contribution in [2.75, 3.05) is 38.7 Å². The molecule has 14 heteroatoms. The number of carbonyl (C=O) groups excluding carboxylic acids is 2. The fourth-order valence-electron chi connectivity index (χ4n) is 6.55. The van der Waals surface area contributed by atoms with Crippen LogP contribution in [0, 0.1) is 11.8 Å². The number of nitrogens with one attached hydrogen (secondary N) is 3. The van der Waals surface area contributed by atoms with E-state index >= 15 is 0 Å². The summed E-state index contributed by atoms with van der Waals surface area (Å²) in [5.41, 5.74) is 24.1. The summed E-state index contributed by atoms with van der Waals surface area (Å²) in [5, 5.41) is 12.5. The molecule has 7 unspecified atom stereocenters. The summed E-state index contributed by atoms with van der Waals surface area (Å²) in [5.74, 6) is 0.401. The van der Waals surface area contributed by atoms with Crippen molar-refractivity contribution in [3.05, 3.63) is 11.1 Å². The third-order valence-electron chi connectivity index (χ3n) is 8.82. The number of nitrogens with two attached hydrogens (primary N) is 4. The molecule has 0 bridgehead atoms. The molecule has 11 N–H and O–H groups in total. The lowest BCUT2D eigenvalue weighted by molar-refractivity contribution is -0.123. The Kier molecular flexibility index (Phi) is 11.0. The summed E-state index contributed by atoms with van der Waals surface area (Å²) in [7, 11) is 0. The Labute approximate surface area is 250 Å². The van der Waals surface area contributed by atoms with Crippen LogP contribution in [0.3, 0.4) is 0 Å². The zero-order chi connectivity index (χ0) is 28.2. The van der Waals surface area contributed by atoms with Gasteiger partial charge in [-0.05, 0) is 37.4 Å². The summed E-state index contributed by atoms with van der Waals surface area (Å²) < 4.78 is 5.52. The van der Waals surface area contributed by atoms with Crippen LogP contribution in [0.25, 0.3) is 0 Å². The van der Waals surface area contributed by atoms with Crippen LogP contribution in [0.2, 0.25) is 0 Å². The Morgan fingerprint density at radius 2 is 1.93 bits per heavy atom. The largest absolute Gasteiger partial charge is 0.378 e. The van der Waals surface area contributed by atoms with E-state index in [-0.39, 0.29) is 33.7 Å². The van der Waals surface area contributed by atoms with Crippen LogP contribution < -0.4 is 38.9 Å². The highest BCUT2D eigenvalue weighted by atomic mass is 32.2. The number of ether oxygens (including phenoxy) is 1. The van der Waals surface area contributed by atoms with E-state index in [1.165, 1.54) is 12.8 Å². The van der Waals surface area contributed by atoms with Gasteiger partial charge in [-0.15, -0.1) is 35.3 Å². The molecule has 226 valence electrons. The second kappa shape index (κ2) is 14.3. The molecule has 4 aliphatic heterocycles. The second-order valence-corrected chi connectivity index (χ2v) is 15.3. The first kappa shape index (κ1) is 30.9. The Morgan fingerprint density at radius 1 is 1.15 bits per heavy atom. The smallest absolute Gasteiger partial charge is 0.226 e. The summed E-state index contributed by atoms with van der Waals surface area (Å²) in [6, 6.07) is 0.374. The zero-order valence-electron chi connectivity index (χ0n) is 23.0. The van der Waals surface area contributed by atoms with Gasteiger partial charge >= 0.3 is 0 Å². The molecule has 1 aliphatic carbocycles. The van der Waals surface area contributed by atoms with Crippen molar-refractivity contribution in [3.63, 3.8) is 0 Å². The van der Waals surface area contributed by atoms with E-state index in [0.29, 0.717) is 31.1 Å². The number of hydrogen-bond acceptors (Lipinski definition) is 13. The number of carbonyl (C=O) groups is 2. The molecule has 1 saturated carbocycles. The predicted molar refractivity (Wildman–Crippen MR) is 164 cm³/mol. The van der Waals surface area contributed by atoms with Crippen molar-refractivity contribution in [2.45, 2.75) is 84.1 Å². The fraction of sp³-hybridized carbons (Fsp3) is 0.846. The quantitative estimate of drug-likeness (QED) is 0.147. The van der Waals surface area contributed by atoms with Crippen LogP contribution >= 0.6 is 35.3 Å². The van der Waals surface area contributed by atoms with Crippen molar-refractivity contribution >= 4 is 47.0 Å². The molecule has 11 nitrogen and oxygen atoms in total. The lowest BCUT2D eigenvalue weighted by Crippen LogP contribution is -2.63. The van der Waals surface area contributed by atoms with Crippen LogP contribution in [-0.2, 0) is 14.3 Å². The number of nitrogens with zero attached hydrogens (tertiary/aromatic N) is 1. The van der Waals surface area contributed by atoms with E-state index in [1.54, 1.807) is 0 Å². The van der Waals surface area contributed by atoms with E-state index in [4.69, 9.17) is 27.7 Å². The number of primary amides is 1. The predicted octanol–water partition coefficient (Wildman–Crippen LogP) is -0.535. The van der Waals surface area contributed by atoms with Crippen molar-refractivity contribution < 1.29 is 14.3 Å². The van der Waals surface area contributed by atoms with E-state index in [2.05, 4.69) is 20.9 Å². The van der Waals surface area contributed by atoms with Crippen LogP contribution in [0.1, 0.15) is 38.5 Å². The Hall–Kier alpha value is -0.550. The van der Waals surface area contributed by atoms with Gasteiger partial charge in [-0.2, -0.15) is 0 Å². The minimum absolute atomic E-state index is 0.0357. The van der Waals surface area contributed by atoms with Gasteiger partial charge in [-0.1, -0.05) is 12.8 Å². The van der Waals surface area contributed by atoms with Crippen LogP contribution in [0.15, 0.2) is 11.1 Å². The number of fused-ring (bicyclic) bond motifs is 1. The Bertz CT molecular complexity index is 924. The third kappa shape index (κ3) is 7.32. The first-order chi connectivity index (χ1) is 19.3. The number of morpholine rings is 1. The van der Waals surface area contributed by atoms with Gasteiger partial charge in [0.25, 0.3) is 0 Å². The first-order valence-electron chi connectivity index (χ1n) is 14.6. The monoisotopic (exact) mass is 614 g/mol. The molecular weight excluding hydrogens is 569 g/mol. The number of amides is 1. The first-order valence-corrected chi connectivity index (χ1v) is 17.5. The SMILES string of the molecule is NC(=O)C(C(N)N)C(NCN[C@H]1CCCC[C@H]1N)NC1CCC(C2CSC3C(=O)C=C(N4CCOCC4)SC32)S1. The summed E-state index contributed by atoms with van der Waals surface area (Å²) in [6.07, 6.45) is 6.93. The molecule has 1 amide bonds. The van der Waals surface area contributed by atoms with Gasteiger partial charge in [0.1, 0.15) is 0 Å². The molecule has 4 heterocycles. The maximum Gasteiger partial charge on any atom is 0.226 e. The standard InChI is InChI=1S/C26H46N8O3S3/c27-15-3-1-2-4-16(15)31-13-32-26(21(24(28)29)25(30)36)33-19-6-5-18(39-19)14-12-38-23-17(35)11-20(40-22(14)23)34-7-9-37-10-8-34/h11,14-16,18-19,21-24,26,31-33H,1-10,12-13,27-29H2,(H2,30,36)/t14?,15-,16+,18?,19?,21?,22?,23?,26?/m1/s1. The maximum atomic E-state index is 13.1. The van der Waals surface area contributed by atoms with Gasteiger partial charge in [0.05, 0.1) is 47.1 Å². The average molecular weight is 615 g/mol. The average Bonchev–Trinajstić information content (AvgIpc) is 3.57. The van der Waals surface area contributed by atoms with Crippen molar-refractivity contribution in [1.82, 2.24) is 20.9 Å². The molecule has 0 aromatic rings. The van der Waals surface area contributed by atoms with Gasteiger partial charge in [0.2, 0.25) is 5.91 Å². The number of ketones is 1. The van der Waals surface area contributed by atoms with Crippen molar-refractivity contribution in [2.24, 2.45) is 34.8 Å². The molecular formula is C26H46N8O3S3. The summed E-state index contributed by atoms with van der Waals surface area (Å²) in [6.45, 7) is 3.57. The van der Waals surface area contributed by atoms with Gasteiger partial charge in [0, 0.05) is 48.4 Å². The maximum absolute atomic E-state index is 13.1. The molecule has 0 aromatic carbocycles. The number of rotatable bonds is 11. The highest BCUT2D eigenvalue weighted by molar-refractivity contribution is 8.07. The molecule has 5 rings (SSSR count). The van der Waals surface area contributed by atoms with Crippen LogP contribution in [-0.4, -0.2) is 101 Å². The summed E-state index contributed by atoms with van der Waals surface area (Å²) in [4.78, 5) is 27.7. The lowest BCUT2D eigenvalue weighted by Gasteiger charge is -2.37. The van der Waals surface area contributed by atoms with Gasteiger partial charge in [-0.3, -0.25) is 20.2 Å². The van der Waals surface area contributed by atoms with Gasteiger partial charge in [-0.25, -0.2) is 0 Å². The highest BCUT2D eigenvalue weighted by Crippen LogP contribution is 2.52. The number of thioether (sulfide) groups is 3. The van der Waals surface area contributed by atoms with E-state index < -0.39 is 24.2 Å². The minimum Gasteiger partial charge on any atom is -0.378 e. The van der Waals surface area contributed by atoms with Crippen LogP contribution in [0.5, 0.6) is 0 Å². The fourth-order valence-corrected chi connectivity index (χ4v) is 12.0. The number of allylic oxidation sites excluding steroid dienone is 1. The number of hydrogen-bond donors (Lipinski definition) is 7. The minimum atomic E-state index is -0.885. The molecule has 4 fully saturated rings. The molecule has 3 saturated heterocycles. The Morgan fingerprint density at radius 3 is 2.65 bits per heavy atom.